The minimum atomic E-state index is -3.67. The number of hydrogen-bond donors (Lipinski definition) is 1. The lowest BCUT2D eigenvalue weighted by atomic mass is 10.2. The SMILES string of the molecule is Cc1c(Cl)cccc1S(=O)(=O)N1CCc2nc(NC(=O)c3ccsc3)sc2C1. The predicted octanol–water partition coefficient (Wildman–Crippen LogP) is 4.17. The summed E-state index contributed by atoms with van der Waals surface area (Å²) < 4.78 is 27.6. The van der Waals surface area contributed by atoms with Gasteiger partial charge in [0.1, 0.15) is 0 Å². The molecule has 3 heterocycles. The zero-order chi connectivity index (χ0) is 19.9. The van der Waals surface area contributed by atoms with E-state index >= 15 is 0 Å². The number of halogens is 1. The van der Waals surface area contributed by atoms with Crippen molar-refractivity contribution in [2.75, 3.05) is 11.9 Å². The van der Waals surface area contributed by atoms with Gasteiger partial charge in [0.2, 0.25) is 10.0 Å². The van der Waals surface area contributed by atoms with Gasteiger partial charge < -0.3 is 0 Å². The Bertz CT molecular complexity index is 1140. The van der Waals surface area contributed by atoms with Gasteiger partial charge in [-0.2, -0.15) is 15.6 Å². The fraction of sp³-hybridized carbons (Fsp3) is 0.222. The molecule has 0 bridgehead atoms. The van der Waals surface area contributed by atoms with E-state index < -0.39 is 10.0 Å². The number of anilines is 1. The molecule has 10 heteroatoms. The van der Waals surface area contributed by atoms with E-state index in [4.69, 9.17) is 11.6 Å². The van der Waals surface area contributed by atoms with Crippen molar-refractivity contribution in [3.05, 3.63) is 61.7 Å². The number of nitrogens with one attached hydrogen (secondary N) is 1. The average molecular weight is 454 g/mol. The van der Waals surface area contributed by atoms with E-state index in [9.17, 15) is 13.2 Å². The second-order valence-electron chi connectivity index (χ2n) is 6.31. The lowest BCUT2D eigenvalue weighted by Gasteiger charge is -2.26. The number of nitrogens with zero attached hydrogens (tertiary/aromatic N) is 2. The minimum absolute atomic E-state index is 0.216. The Labute approximate surface area is 175 Å². The Kier molecular flexibility index (Phi) is 5.28. The third-order valence-electron chi connectivity index (χ3n) is 4.54. The molecule has 4 rings (SSSR count). The molecule has 0 aliphatic carbocycles. The summed E-state index contributed by atoms with van der Waals surface area (Å²) in [5, 5.41) is 7.31. The minimum Gasteiger partial charge on any atom is -0.298 e. The van der Waals surface area contributed by atoms with Crippen molar-refractivity contribution in [2.24, 2.45) is 0 Å². The third-order valence-corrected chi connectivity index (χ3v) is 8.62. The van der Waals surface area contributed by atoms with Crippen molar-refractivity contribution >= 4 is 55.3 Å². The van der Waals surface area contributed by atoms with Crippen LogP contribution in [0.4, 0.5) is 5.13 Å². The van der Waals surface area contributed by atoms with Gasteiger partial charge in [0, 0.05) is 28.2 Å². The summed E-state index contributed by atoms with van der Waals surface area (Å²) >= 11 is 8.86. The van der Waals surface area contributed by atoms with Gasteiger partial charge in [0.25, 0.3) is 5.91 Å². The van der Waals surface area contributed by atoms with Crippen LogP contribution in [-0.2, 0) is 23.0 Å². The van der Waals surface area contributed by atoms with Crippen LogP contribution in [0.25, 0.3) is 0 Å². The summed E-state index contributed by atoms with van der Waals surface area (Å²) in [6.07, 6.45) is 0.499. The molecule has 146 valence electrons. The number of benzene rings is 1. The molecule has 3 aromatic rings. The number of hydrogen-bond acceptors (Lipinski definition) is 6. The van der Waals surface area contributed by atoms with E-state index in [0.717, 1.165) is 10.6 Å². The molecular weight excluding hydrogens is 438 g/mol. The number of carbonyl (C=O) groups is 1. The van der Waals surface area contributed by atoms with Crippen molar-refractivity contribution in [1.29, 1.82) is 0 Å². The number of amides is 1. The van der Waals surface area contributed by atoms with Crippen LogP contribution in [0.15, 0.2) is 39.9 Å². The molecule has 2 aromatic heterocycles. The molecule has 0 unspecified atom stereocenters. The van der Waals surface area contributed by atoms with Crippen LogP contribution in [0.3, 0.4) is 0 Å². The van der Waals surface area contributed by atoms with Gasteiger partial charge in [0.05, 0.1) is 22.7 Å². The normalized spacial score (nSPS) is 14.6. The van der Waals surface area contributed by atoms with Crippen molar-refractivity contribution in [3.8, 4) is 0 Å². The topological polar surface area (TPSA) is 79.4 Å². The first-order valence-electron chi connectivity index (χ1n) is 8.43. The molecule has 0 atom stereocenters. The molecule has 1 amide bonds. The lowest BCUT2D eigenvalue weighted by molar-refractivity contribution is 0.102. The van der Waals surface area contributed by atoms with Crippen molar-refractivity contribution in [2.45, 2.75) is 24.8 Å². The van der Waals surface area contributed by atoms with Crippen LogP contribution in [0.2, 0.25) is 5.02 Å². The van der Waals surface area contributed by atoms with Gasteiger partial charge in [-0.15, -0.1) is 11.3 Å². The highest BCUT2D eigenvalue weighted by molar-refractivity contribution is 7.89. The van der Waals surface area contributed by atoms with Gasteiger partial charge >= 0.3 is 0 Å². The van der Waals surface area contributed by atoms with E-state index in [2.05, 4.69) is 10.3 Å². The second-order valence-corrected chi connectivity index (χ2v) is 10.5. The van der Waals surface area contributed by atoms with Gasteiger partial charge in [0.15, 0.2) is 5.13 Å². The average Bonchev–Trinajstić information content (AvgIpc) is 3.32. The molecule has 28 heavy (non-hydrogen) atoms. The van der Waals surface area contributed by atoms with Crippen molar-refractivity contribution < 1.29 is 13.2 Å². The first-order valence-corrected chi connectivity index (χ1v) is 12.0. The standard InChI is InChI=1S/C18H16ClN3O3S3/c1-11-13(19)3-2-4-16(11)28(24,25)22-7-5-14-15(9-22)27-18(20-14)21-17(23)12-6-8-26-10-12/h2-4,6,8,10H,5,7,9H2,1H3,(H,20,21,23). The molecule has 0 spiro atoms. The number of rotatable bonds is 4. The maximum Gasteiger partial charge on any atom is 0.258 e. The first-order chi connectivity index (χ1) is 13.4. The molecule has 0 saturated heterocycles. The largest absolute Gasteiger partial charge is 0.298 e. The van der Waals surface area contributed by atoms with Crippen LogP contribution < -0.4 is 5.32 Å². The zero-order valence-corrected chi connectivity index (χ0v) is 18.0. The van der Waals surface area contributed by atoms with Gasteiger partial charge in [-0.05, 0) is 36.1 Å². The van der Waals surface area contributed by atoms with E-state index in [1.54, 1.807) is 36.6 Å². The number of carbonyl (C=O) groups excluding carboxylic acids is 1. The highest BCUT2D eigenvalue weighted by Crippen LogP contribution is 2.33. The van der Waals surface area contributed by atoms with Crippen LogP contribution >= 0.6 is 34.3 Å². The summed E-state index contributed by atoms with van der Waals surface area (Å²) in [5.74, 6) is -0.216. The highest BCUT2D eigenvalue weighted by atomic mass is 35.5. The maximum atomic E-state index is 13.1. The number of aromatic nitrogens is 1. The van der Waals surface area contributed by atoms with E-state index in [0.29, 0.717) is 34.2 Å². The van der Waals surface area contributed by atoms with E-state index in [1.165, 1.54) is 27.0 Å². The van der Waals surface area contributed by atoms with Crippen LogP contribution in [0, 0.1) is 6.92 Å². The smallest absolute Gasteiger partial charge is 0.258 e. The molecule has 1 aliphatic heterocycles. The van der Waals surface area contributed by atoms with E-state index in [1.807, 2.05) is 5.38 Å². The first kappa shape index (κ1) is 19.5. The fourth-order valence-corrected chi connectivity index (χ4v) is 6.62. The summed E-state index contributed by atoms with van der Waals surface area (Å²) in [6, 6.07) is 6.64. The number of thiazole rings is 1. The molecule has 6 nitrogen and oxygen atoms in total. The third kappa shape index (κ3) is 3.60. The molecule has 0 radical (unpaired) electrons. The molecule has 1 aliphatic rings. The molecule has 0 saturated carbocycles. The summed E-state index contributed by atoms with van der Waals surface area (Å²) in [4.78, 5) is 17.7. The van der Waals surface area contributed by atoms with Crippen molar-refractivity contribution in [3.63, 3.8) is 0 Å². The Hall–Kier alpha value is -1.78. The summed E-state index contributed by atoms with van der Waals surface area (Å²) in [6.45, 7) is 2.27. The second kappa shape index (κ2) is 7.57. The Balaban J connectivity index is 1.56. The van der Waals surface area contributed by atoms with Gasteiger partial charge in [-0.25, -0.2) is 13.4 Å². The molecule has 1 N–H and O–H groups in total. The summed E-state index contributed by atoms with van der Waals surface area (Å²) in [7, 11) is -3.67. The number of thiophene rings is 1. The van der Waals surface area contributed by atoms with E-state index in [-0.39, 0.29) is 17.3 Å². The van der Waals surface area contributed by atoms with Gasteiger partial charge in [-0.3, -0.25) is 10.1 Å². The number of fused-ring (bicyclic) bond motifs is 1. The molecule has 0 fully saturated rings. The Morgan fingerprint density at radius 2 is 2.14 bits per heavy atom. The predicted molar refractivity (Wildman–Crippen MR) is 112 cm³/mol. The van der Waals surface area contributed by atoms with Crippen molar-refractivity contribution in [1.82, 2.24) is 9.29 Å². The zero-order valence-electron chi connectivity index (χ0n) is 14.8. The Morgan fingerprint density at radius 3 is 2.89 bits per heavy atom. The van der Waals surface area contributed by atoms with Gasteiger partial charge in [-0.1, -0.05) is 17.7 Å². The summed E-state index contributed by atoms with van der Waals surface area (Å²) in [5.41, 5.74) is 1.96. The monoisotopic (exact) mass is 453 g/mol. The quantitative estimate of drug-likeness (QED) is 0.643. The Morgan fingerprint density at radius 1 is 1.32 bits per heavy atom. The van der Waals surface area contributed by atoms with Crippen LogP contribution in [-0.4, -0.2) is 30.2 Å². The fourth-order valence-electron chi connectivity index (χ4n) is 3.00. The number of sulfonamides is 1. The molecule has 1 aromatic carbocycles. The highest BCUT2D eigenvalue weighted by Gasteiger charge is 2.32. The maximum absolute atomic E-state index is 13.1. The molecular formula is C18H16ClN3O3S3. The van der Waals surface area contributed by atoms with Crippen LogP contribution in [0.5, 0.6) is 0 Å². The van der Waals surface area contributed by atoms with Crippen LogP contribution in [0.1, 0.15) is 26.5 Å². The lowest BCUT2D eigenvalue weighted by Crippen LogP contribution is -2.35.